The van der Waals surface area contributed by atoms with Crippen LogP contribution in [-0.4, -0.2) is 78.0 Å². The monoisotopic (exact) mass is 595 g/mol. The lowest BCUT2D eigenvalue weighted by Crippen LogP contribution is -2.62. The average Bonchev–Trinajstić information content (AvgIpc) is 3.02. The third-order valence-electron chi connectivity index (χ3n) is 9.01. The van der Waals surface area contributed by atoms with Crippen molar-refractivity contribution in [1.82, 2.24) is 26.0 Å². The molecule has 4 amide bonds. The molecule has 0 unspecified atom stereocenters. The molecular weight excluding hydrogens is 546 g/mol. The third-order valence-corrected chi connectivity index (χ3v) is 9.01. The highest BCUT2D eigenvalue weighted by Crippen LogP contribution is 2.33. The van der Waals surface area contributed by atoms with E-state index in [4.69, 9.17) is 4.74 Å². The normalized spacial score (nSPS) is 30.9. The van der Waals surface area contributed by atoms with Crippen LogP contribution in [-0.2, 0) is 23.9 Å². The predicted molar refractivity (Wildman–Crippen MR) is 165 cm³/mol. The van der Waals surface area contributed by atoms with E-state index in [0.29, 0.717) is 38.8 Å². The second kappa shape index (κ2) is 15.0. The van der Waals surface area contributed by atoms with E-state index in [9.17, 15) is 19.2 Å². The summed E-state index contributed by atoms with van der Waals surface area (Å²) in [5.74, 6) is -1.67. The third kappa shape index (κ3) is 8.03. The molecule has 1 aromatic carbocycles. The molecule has 3 N–H and O–H groups in total. The molecule has 0 aliphatic carbocycles. The van der Waals surface area contributed by atoms with Gasteiger partial charge in [0.15, 0.2) is 0 Å². The minimum absolute atomic E-state index is 0.00397. The molecule has 4 rings (SSSR count). The van der Waals surface area contributed by atoms with Gasteiger partial charge >= 0.3 is 0 Å². The number of hydrogen-bond donors (Lipinski definition) is 3. The lowest BCUT2D eigenvalue weighted by Gasteiger charge is -2.41. The van der Waals surface area contributed by atoms with Crippen LogP contribution in [0.4, 0.5) is 0 Å². The van der Waals surface area contributed by atoms with Gasteiger partial charge in [-0.05, 0) is 75.0 Å². The van der Waals surface area contributed by atoms with Gasteiger partial charge in [0.2, 0.25) is 17.7 Å². The van der Waals surface area contributed by atoms with Gasteiger partial charge in [0.25, 0.3) is 5.91 Å². The van der Waals surface area contributed by atoms with Gasteiger partial charge in [0, 0.05) is 20.2 Å². The maximum absolute atomic E-state index is 13.9. The van der Waals surface area contributed by atoms with Gasteiger partial charge in [0.1, 0.15) is 18.1 Å². The van der Waals surface area contributed by atoms with Crippen molar-refractivity contribution in [3.05, 3.63) is 41.5 Å². The van der Waals surface area contributed by atoms with Crippen molar-refractivity contribution in [3.8, 4) is 0 Å². The number of carbonyl (C=O) groups is 4. The molecular formula is C33H49N5O5. The van der Waals surface area contributed by atoms with Crippen LogP contribution in [0.1, 0.15) is 89.8 Å². The van der Waals surface area contributed by atoms with E-state index in [2.05, 4.69) is 46.4 Å². The fourth-order valence-electron chi connectivity index (χ4n) is 6.37. The van der Waals surface area contributed by atoms with E-state index in [-0.39, 0.29) is 35.8 Å². The number of ether oxygens (including phenoxy) is 1. The van der Waals surface area contributed by atoms with Crippen LogP contribution >= 0.6 is 0 Å². The molecule has 0 aromatic heterocycles. The number of benzene rings is 1. The lowest BCUT2D eigenvalue weighted by molar-refractivity contribution is -0.147. The van der Waals surface area contributed by atoms with Gasteiger partial charge in [-0.25, -0.2) is 5.43 Å². The van der Waals surface area contributed by atoms with Crippen molar-refractivity contribution in [2.24, 2.45) is 11.8 Å². The molecule has 236 valence electrons. The van der Waals surface area contributed by atoms with Gasteiger partial charge in [-0.15, -0.1) is 0 Å². The molecule has 43 heavy (non-hydrogen) atoms. The molecule has 10 heteroatoms. The summed E-state index contributed by atoms with van der Waals surface area (Å²) in [5, 5.41) is 7.17. The van der Waals surface area contributed by atoms with Crippen LogP contribution in [0, 0.1) is 11.8 Å². The first kappa shape index (κ1) is 32.7. The van der Waals surface area contributed by atoms with Crippen molar-refractivity contribution in [2.45, 2.75) is 103 Å². The summed E-state index contributed by atoms with van der Waals surface area (Å²) in [6.07, 6.45) is 9.41. The molecule has 0 spiro atoms. The quantitative estimate of drug-likeness (QED) is 0.483. The van der Waals surface area contributed by atoms with E-state index < -0.39 is 30.0 Å². The second-order valence-electron chi connectivity index (χ2n) is 12.5. The number of rotatable bonds is 2. The van der Waals surface area contributed by atoms with Crippen LogP contribution in [0.25, 0.3) is 6.08 Å². The van der Waals surface area contributed by atoms with Gasteiger partial charge in [-0.1, -0.05) is 51.1 Å². The molecule has 1 aromatic rings. The number of carbonyl (C=O) groups excluding carboxylic acids is 4. The van der Waals surface area contributed by atoms with E-state index >= 15 is 0 Å². The maximum atomic E-state index is 13.9. The van der Waals surface area contributed by atoms with Crippen LogP contribution in [0.2, 0.25) is 0 Å². The summed E-state index contributed by atoms with van der Waals surface area (Å²) in [6.45, 7) is 8.29. The summed E-state index contributed by atoms with van der Waals surface area (Å²) in [6, 6.07) is 6.15. The molecule has 4 bridgehead atoms. The number of amides is 4. The number of fused-ring (bicyclic) bond motifs is 6. The maximum Gasteiger partial charge on any atom is 0.258 e. The van der Waals surface area contributed by atoms with Crippen molar-refractivity contribution >= 4 is 29.7 Å². The van der Waals surface area contributed by atoms with E-state index in [1.54, 1.807) is 14.0 Å². The predicted octanol–water partition coefficient (Wildman–Crippen LogP) is 3.34. The first-order valence-corrected chi connectivity index (χ1v) is 15.9. The summed E-state index contributed by atoms with van der Waals surface area (Å²) in [7, 11) is 1.60. The molecule has 0 radical (unpaired) electrons. The Morgan fingerprint density at radius 1 is 0.907 bits per heavy atom. The minimum Gasteiger partial charge on any atom is -0.381 e. The van der Waals surface area contributed by atoms with Crippen molar-refractivity contribution in [3.63, 3.8) is 0 Å². The number of allylic oxidation sites excluding steroid dienone is 1. The molecule has 6 atom stereocenters. The number of piperidine rings is 1. The summed E-state index contributed by atoms with van der Waals surface area (Å²) >= 11 is 0. The first-order valence-electron chi connectivity index (χ1n) is 15.9. The van der Waals surface area contributed by atoms with Crippen molar-refractivity contribution in [1.29, 1.82) is 0 Å². The second-order valence-corrected chi connectivity index (χ2v) is 12.5. The van der Waals surface area contributed by atoms with E-state index in [1.807, 2.05) is 31.7 Å². The van der Waals surface area contributed by atoms with Crippen molar-refractivity contribution < 1.29 is 23.9 Å². The molecule has 2 saturated heterocycles. The highest BCUT2D eigenvalue weighted by molar-refractivity contribution is 5.92. The Hall–Kier alpha value is -3.24. The number of hydrazine groups is 1. The van der Waals surface area contributed by atoms with Gasteiger partial charge < -0.3 is 20.3 Å². The number of hydrogen-bond acceptors (Lipinski definition) is 6. The highest BCUT2D eigenvalue weighted by Gasteiger charge is 2.37. The number of nitrogens with zero attached hydrogens (tertiary/aromatic N) is 2. The lowest BCUT2D eigenvalue weighted by atomic mass is 9.92. The zero-order chi connectivity index (χ0) is 31.1. The highest BCUT2D eigenvalue weighted by atomic mass is 16.5. The Kier molecular flexibility index (Phi) is 11.4. The Morgan fingerprint density at radius 3 is 2.44 bits per heavy atom. The van der Waals surface area contributed by atoms with Crippen LogP contribution < -0.4 is 16.1 Å². The van der Waals surface area contributed by atoms with Gasteiger partial charge in [-0.2, -0.15) is 0 Å². The van der Waals surface area contributed by atoms with Crippen LogP contribution in [0.5, 0.6) is 0 Å². The molecule has 0 saturated carbocycles. The summed E-state index contributed by atoms with van der Waals surface area (Å²) in [5.41, 5.74) is 5.35. The van der Waals surface area contributed by atoms with E-state index in [0.717, 1.165) is 30.4 Å². The SMILES string of the molecule is CO[C@@H]1CC/C=C/c2cccc(c2)[C@@H]2CCCCN2C(=O)[C@@H]2CCCN(N2)C(=O)[C@H](C)NC(=O)[C@H](C(C)C)NC(=O)[C@@H]1C. The first-order chi connectivity index (χ1) is 20.6. The topological polar surface area (TPSA) is 120 Å². The van der Waals surface area contributed by atoms with Gasteiger partial charge in [0.05, 0.1) is 18.1 Å². The number of methoxy groups -OCH3 is 1. The van der Waals surface area contributed by atoms with Crippen molar-refractivity contribution in [2.75, 3.05) is 20.2 Å². The van der Waals surface area contributed by atoms with Crippen LogP contribution in [0.15, 0.2) is 30.3 Å². The zero-order valence-electron chi connectivity index (χ0n) is 26.3. The Balaban J connectivity index is 1.63. The molecule has 3 aliphatic rings. The Labute approximate surface area is 255 Å². The largest absolute Gasteiger partial charge is 0.381 e. The fourth-order valence-corrected chi connectivity index (χ4v) is 6.37. The fraction of sp³-hybridized carbons (Fsp3) is 0.636. The number of nitrogens with one attached hydrogen (secondary N) is 3. The standard InChI is InChI=1S/C33H49N5O5/c1-21(2)29-31(40)34-23(4)32(41)38-19-11-15-26(36-38)33(42)37-18-9-8-16-27(37)25-14-10-13-24(20-25)12-6-7-17-28(43-5)22(3)30(39)35-29/h6,10,12-14,20-23,26-29,36H,7-9,11,15-19H2,1-5H3,(H,34,40)(H,35,39)/b12-6+/t22-,23+,26+,27+,28-,29+/m1/s1. The Morgan fingerprint density at radius 2 is 1.70 bits per heavy atom. The van der Waals surface area contributed by atoms with Crippen LogP contribution in [0.3, 0.4) is 0 Å². The molecule has 10 nitrogen and oxygen atoms in total. The smallest absolute Gasteiger partial charge is 0.258 e. The molecule has 3 aliphatic heterocycles. The van der Waals surface area contributed by atoms with E-state index in [1.165, 1.54) is 5.01 Å². The molecule has 3 heterocycles. The minimum atomic E-state index is -0.841. The van der Waals surface area contributed by atoms with Gasteiger partial charge in [-0.3, -0.25) is 24.2 Å². The zero-order valence-corrected chi connectivity index (χ0v) is 26.3. The summed E-state index contributed by atoms with van der Waals surface area (Å²) in [4.78, 5) is 55.9. The molecule has 2 fully saturated rings. The Bertz CT molecular complexity index is 1190. The summed E-state index contributed by atoms with van der Waals surface area (Å²) < 4.78 is 5.69. The average molecular weight is 596 g/mol.